The predicted octanol–water partition coefficient (Wildman–Crippen LogP) is 3.84. The summed E-state index contributed by atoms with van der Waals surface area (Å²) >= 11 is 2.19. The lowest BCUT2D eigenvalue weighted by Gasteiger charge is -2.14. The summed E-state index contributed by atoms with van der Waals surface area (Å²) in [6.45, 7) is 1.64. The Morgan fingerprint density at radius 1 is 1.15 bits per heavy atom. The summed E-state index contributed by atoms with van der Waals surface area (Å²) < 4.78 is 19.3. The molecule has 0 bridgehead atoms. The molecule has 2 rings (SSSR count). The molecule has 0 saturated carbocycles. The lowest BCUT2D eigenvalue weighted by molar-refractivity contribution is -0.122. The van der Waals surface area contributed by atoms with E-state index in [0.717, 1.165) is 3.57 Å². The Morgan fingerprint density at radius 3 is 2.35 bits per heavy atom. The summed E-state index contributed by atoms with van der Waals surface area (Å²) in [5, 5.41) is 2.76. The molecule has 0 spiro atoms. The van der Waals surface area contributed by atoms with E-state index in [9.17, 15) is 9.18 Å². The Morgan fingerprint density at radius 2 is 1.75 bits per heavy atom. The van der Waals surface area contributed by atoms with Crippen LogP contribution in [-0.4, -0.2) is 12.0 Å². The van der Waals surface area contributed by atoms with Crippen molar-refractivity contribution >= 4 is 34.2 Å². The number of benzene rings is 2. The molecule has 1 amide bonds. The molecule has 3 nitrogen and oxygen atoms in total. The summed E-state index contributed by atoms with van der Waals surface area (Å²) in [6, 6.07) is 13.0. The SMILES string of the molecule is CC(Oc1ccc(F)cc1)C(=O)Nc1ccc(I)cc1. The number of nitrogens with one attached hydrogen (secondary N) is 1. The zero-order chi connectivity index (χ0) is 14.5. The third kappa shape index (κ3) is 4.19. The molecule has 20 heavy (non-hydrogen) atoms. The average Bonchev–Trinajstić information content (AvgIpc) is 2.44. The van der Waals surface area contributed by atoms with Crippen molar-refractivity contribution in [3.63, 3.8) is 0 Å². The number of hydrogen-bond donors (Lipinski definition) is 1. The number of halogens is 2. The largest absolute Gasteiger partial charge is 0.481 e. The average molecular weight is 385 g/mol. The van der Waals surface area contributed by atoms with Gasteiger partial charge in [-0.1, -0.05) is 0 Å². The number of carbonyl (C=O) groups is 1. The summed E-state index contributed by atoms with van der Waals surface area (Å²) in [5.74, 6) is -0.138. The maximum Gasteiger partial charge on any atom is 0.265 e. The van der Waals surface area contributed by atoms with E-state index in [-0.39, 0.29) is 11.7 Å². The Balaban J connectivity index is 1.94. The predicted molar refractivity (Wildman–Crippen MR) is 84.3 cm³/mol. The Labute approximate surface area is 130 Å². The van der Waals surface area contributed by atoms with E-state index in [1.54, 1.807) is 6.92 Å². The van der Waals surface area contributed by atoms with E-state index in [4.69, 9.17) is 4.74 Å². The molecule has 0 heterocycles. The smallest absolute Gasteiger partial charge is 0.265 e. The molecule has 0 aliphatic heterocycles. The second kappa shape index (κ2) is 6.69. The van der Waals surface area contributed by atoms with Gasteiger partial charge in [0.25, 0.3) is 5.91 Å². The fourth-order valence-corrected chi connectivity index (χ4v) is 1.91. The van der Waals surface area contributed by atoms with E-state index < -0.39 is 6.10 Å². The van der Waals surface area contributed by atoms with Crippen LogP contribution < -0.4 is 10.1 Å². The van der Waals surface area contributed by atoms with Crippen molar-refractivity contribution < 1.29 is 13.9 Å². The Bertz CT molecular complexity index is 584. The molecule has 1 N–H and O–H groups in total. The zero-order valence-corrected chi connectivity index (χ0v) is 12.9. The van der Waals surface area contributed by atoms with Crippen LogP contribution in [0.15, 0.2) is 48.5 Å². The minimum atomic E-state index is -0.667. The minimum absolute atomic E-state index is 0.254. The lowest BCUT2D eigenvalue weighted by Crippen LogP contribution is -2.30. The van der Waals surface area contributed by atoms with E-state index in [0.29, 0.717) is 11.4 Å². The van der Waals surface area contributed by atoms with Crippen LogP contribution in [0.3, 0.4) is 0 Å². The monoisotopic (exact) mass is 385 g/mol. The van der Waals surface area contributed by atoms with Crippen LogP contribution in [0, 0.1) is 9.39 Å². The number of amides is 1. The van der Waals surface area contributed by atoms with Crippen LogP contribution in [0.25, 0.3) is 0 Å². The first-order valence-corrected chi connectivity index (χ1v) is 7.11. The molecule has 0 aliphatic carbocycles. The highest BCUT2D eigenvalue weighted by Gasteiger charge is 2.14. The molecule has 0 saturated heterocycles. The van der Waals surface area contributed by atoms with Crippen molar-refractivity contribution in [3.05, 3.63) is 57.9 Å². The molecule has 1 unspecified atom stereocenters. The quantitative estimate of drug-likeness (QED) is 0.813. The van der Waals surface area contributed by atoms with Gasteiger partial charge in [-0.05, 0) is 78.0 Å². The molecular weight excluding hydrogens is 372 g/mol. The first-order chi connectivity index (χ1) is 9.54. The van der Waals surface area contributed by atoms with Gasteiger partial charge in [-0.2, -0.15) is 0 Å². The molecular formula is C15H13FINO2. The van der Waals surface area contributed by atoms with Gasteiger partial charge in [0.2, 0.25) is 0 Å². The van der Waals surface area contributed by atoms with E-state index >= 15 is 0 Å². The molecule has 1 atom stereocenters. The fourth-order valence-electron chi connectivity index (χ4n) is 1.55. The van der Waals surface area contributed by atoms with Crippen molar-refractivity contribution in [1.82, 2.24) is 0 Å². The summed E-state index contributed by atoms with van der Waals surface area (Å²) in [7, 11) is 0. The van der Waals surface area contributed by atoms with Gasteiger partial charge >= 0.3 is 0 Å². The standard InChI is InChI=1S/C15H13FINO2/c1-10(20-14-8-2-11(16)3-9-14)15(19)18-13-6-4-12(17)5-7-13/h2-10H,1H3,(H,18,19). The van der Waals surface area contributed by atoms with E-state index in [2.05, 4.69) is 27.9 Å². The Hall–Kier alpha value is -1.63. The van der Waals surface area contributed by atoms with Gasteiger partial charge in [0.05, 0.1) is 0 Å². The Kier molecular flexibility index (Phi) is 4.94. The third-order valence-electron chi connectivity index (χ3n) is 2.61. The first-order valence-electron chi connectivity index (χ1n) is 6.03. The number of ether oxygens (including phenoxy) is 1. The normalized spacial score (nSPS) is 11.8. The van der Waals surface area contributed by atoms with Crippen LogP contribution >= 0.6 is 22.6 Å². The van der Waals surface area contributed by atoms with Crippen molar-refractivity contribution in [3.8, 4) is 5.75 Å². The summed E-state index contributed by atoms with van der Waals surface area (Å²) in [4.78, 5) is 12.0. The highest BCUT2D eigenvalue weighted by atomic mass is 127. The highest BCUT2D eigenvalue weighted by molar-refractivity contribution is 14.1. The minimum Gasteiger partial charge on any atom is -0.481 e. The molecule has 0 aliphatic rings. The van der Waals surface area contributed by atoms with Crippen molar-refractivity contribution in [2.45, 2.75) is 13.0 Å². The molecule has 0 radical (unpaired) electrons. The third-order valence-corrected chi connectivity index (χ3v) is 3.33. The molecule has 104 valence electrons. The van der Waals surface area contributed by atoms with Crippen LogP contribution in [0.5, 0.6) is 5.75 Å². The maximum absolute atomic E-state index is 12.8. The van der Waals surface area contributed by atoms with E-state index in [1.807, 2.05) is 24.3 Å². The van der Waals surface area contributed by atoms with Crippen molar-refractivity contribution in [2.24, 2.45) is 0 Å². The van der Waals surface area contributed by atoms with Crippen LogP contribution in [0.2, 0.25) is 0 Å². The summed E-state index contributed by atoms with van der Waals surface area (Å²) in [5.41, 5.74) is 0.713. The second-order valence-corrected chi connectivity index (χ2v) is 5.46. The van der Waals surface area contributed by atoms with Gasteiger partial charge in [-0.15, -0.1) is 0 Å². The van der Waals surface area contributed by atoms with Crippen molar-refractivity contribution in [2.75, 3.05) is 5.32 Å². The van der Waals surface area contributed by atoms with Gasteiger partial charge in [0.15, 0.2) is 6.10 Å². The first kappa shape index (κ1) is 14.8. The van der Waals surface area contributed by atoms with Gasteiger partial charge in [0, 0.05) is 9.26 Å². The van der Waals surface area contributed by atoms with E-state index in [1.165, 1.54) is 24.3 Å². The van der Waals surface area contributed by atoms with Crippen LogP contribution in [-0.2, 0) is 4.79 Å². The molecule has 5 heteroatoms. The lowest BCUT2D eigenvalue weighted by atomic mass is 10.3. The van der Waals surface area contributed by atoms with Gasteiger partial charge in [0.1, 0.15) is 11.6 Å². The number of hydrogen-bond acceptors (Lipinski definition) is 2. The maximum atomic E-state index is 12.8. The van der Waals surface area contributed by atoms with Gasteiger partial charge in [-0.25, -0.2) is 4.39 Å². The molecule has 0 aromatic heterocycles. The van der Waals surface area contributed by atoms with Crippen molar-refractivity contribution in [1.29, 1.82) is 0 Å². The molecule has 2 aromatic rings. The molecule has 2 aromatic carbocycles. The number of carbonyl (C=O) groups excluding carboxylic acids is 1. The van der Waals surface area contributed by atoms with Gasteiger partial charge in [-0.3, -0.25) is 4.79 Å². The topological polar surface area (TPSA) is 38.3 Å². The fraction of sp³-hybridized carbons (Fsp3) is 0.133. The number of anilines is 1. The van der Waals surface area contributed by atoms with Crippen LogP contribution in [0.4, 0.5) is 10.1 Å². The second-order valence-electron chi connectivity index (χ2n) is 4.21. The zero-order valence-electron chi connectivity index (χ0n) is 10.8. The summed E-state index contributed by atoms with van der Waals surface area (Å²) in [6.07, 6.45) is -0.667. The van der Waals surface area contributed by atoms with Crippen LogP contribution in [0.1, 0.15) is 6.92 Å². The highest BCUT2D eigenvalue weighted by Crippen LogP contribution is 2.15. The molecule has 0 fully saturated rings. The van der Waals surface area contributed by atoms with Gasteiger partial charge < -0.3 is 10.1 Å². The number of rotatable bonds is 4.